The van der Waals surface area contributed by atoms with Gasteiger partial charge in [0.1, 0.15) is 5.78 Å². The van der Waals surface area contributed by atoms with E-state index in [1.54, 1.807) is 6.20 Å². The number of H-pyrrole nitrogens is 1. The number of Topliss-reactive ketones (excluding diaryl/α,β-unsaturated/α-hetero) is 1. The van der Waals surface area contributed by atoms with Crippen molar-refractivity contribution in [2.75, 3.05) is 5.32 Å². The second-order valence-electron chi connectivity index (χ2n) is 10.3. The summed E-state index contributed by atoms with van der Waals surface area (Å²) < 4.78 is 1.93. The molecule has 39 heavy (non-hydrogen) atoms. The molecule has 0 atom stereocenters. The Morgan fingerprint density at radius 2 is 1.77 bits per heavy atom. The Morgan fingerprint density at radius 3 is 2.62 bits per heavy atom. The summed E-state index contributed by atoms with van der Waals surface area (Å²) in [6.07, 6.45) is 10.3. The third-order valence-corrected chi connectivity index (χ3v) is 7.30. The quantitative estimate of drug-likeness (QED) is 0.190. The van der Waals surface area contributed by atoms with Crippen LogP contribution in [0, 0.1) is 5.92 Å². The average Bonchev–Trinajstić information content (AvgIpc) is 3.59. The van der Waals surface area contributed by atoms with E-state index in [-0.39, 0.29) is 5.91 Å². The first kappa shape index (κ1) is 24.8. The number of aryl methyl sites for hydroxylation is 1. The molecule has 196 valence electrons. The first-order valence-electron chi connectivity index (χ1n) is 13.7. The normalized spacial score (nSPS) is 13.0. The van der Waals surface area contributed by atoms with Crippen LogP contribution in [0.2, 0.25) is 0 Å². The highest BCUT2D eigenvalue weighted by atomic mass is 16.2. The number of aromatic amines is 1. The van der Waals surface area contributed by atoms with Crippen molar-refractivity contribution in [3.05, 3.63) is 96.4 Å². The number of hydrogen-bond donors (Lipinski definition) is 2. The minimum Gasteiger partial charge on any atom is -0.299 e. The average molecular weight is 518 g/mol. The lowest BCUT2D eigenvalue weighted by Crippen LogP contribution is -2.15. The third-order valence-electron chi connectivity index (χ3n) is 7.30. The fourth-order valence-electron chi connectivity index (χ4n) is 4.95. The number of ketones is 1. The van der Waals surface area contributed by atoms with Crippen LogP contribution in [0.3, 0.4) is 0 Å². The highest BCUT2D eigenvalue weighted by Crippen LogP contribution is 2.31. The maximum atomic E-state index is 13.4. The van der Waals surface area contributed by atoms with Crippen LogP contribution in [0.4, 0.5) is 5.95 Å². The highest BCUT2D eigenvalue weighted by molar-refractivity contribution is 6.04. The molecule has 2 aromatic heterocycles. The molecule has 3 aromatic carbocycles. The van der Waals surface area contributed by atoms with Crippen molar-refractivity contribution in [1.29, 1.82) is 0 Å². The van der Waals surface area contributed by atoms with Gasteiger partial charge in [0.2, 0.25) is 5.95 Å². The monoisotopic (exact) mass is 517 g/mol. The summed E-state index contributed by atoms with van der Waals surface area (Å²) in [5, 5.41) is 11.1. The van der Waals surface area contributed by atoms with Crippen molar-refractivity contribution in [2.45, 2.75) is 44.9 Å². The van der Waals surface area contributed by atoms with Crippen molar-refractivity contribution in [2.24, 2.45) is 5.92 Å². The molecule has 7 nitrogen and oxygen atoms in total. The molecule has 1 aliphatic rings. The predicted molar refractivity (Wildman–Crippen MR) is 153 cm³/mol. The van der Waals surface area contributed by atoms with Crippen LogP contribution >= 0.6 is 0 Å². The molecular weight excluding hydrogens is 486 g/mol. The number of imidazole rings is 1. The number of carbonyl (C=O) groups excluding carboxylic acids is 2. The Hall–Kier alpha value is -4.52. The molecule has 0 radical (unpaired) electrons. The number of benzene rings is 3. The molecule has 2 heterocycles. The zero-order valence-corrected chi connectivity index (χ0v) is 21.8. The molecule has 1 aliphatic carbocycles. The van der Waals surface area contributed by atoms with Gasteiger partial charge in [0.15, 0.2) is 0 Å². The maximum absolute atomic E-state index is 13.4. The molecule has 1 amide bonds. The van der Waals surface area contributed by atoms with Crippen LogP contribution in [-0.2, 0) is 11.2 Å². The Bertz CT molecular complexity index is 1610. The maximum Gasteiger partial charge on any atom is 0.258 e. The lowest BCUT2D eigenvalue weighted by Gasteiger charge is -2.10. The SMILES string of the molecule is O=C(Nc1nc(CCCCCC(=O)C2CC2)cn1-c1ccccc1)c1cccc(-c2ccc3[nH]ncc3c2)c1. The summed E-state index contributed by atoms with van der Waals surface area (Å²) in [6, 6.07) is 23.6. The number of nitrogens with one attached hydrogen (secondary N) is 2. The van der Waals surface area contributed by atoms with Gasteiger partial charge in [-0.3, -0.25) is 24.6 Å². The fraction of sp³-hybridized carbons (Fsp3) is 0.250. The summed E-state index contributed by atoms with van der Waals surface area (Å²) >= 11 is 0. The van der Waals surface area contributed by atoms with E-state index in [0.29, 0.717) is 29.6 Å². The van der Waals surface area contributed by atoms with Crippen LogP contribution in [0.1, 0.15) is 54.6 Å². The van der Waals surface area contributed by atoms with E-state index in [0.717, 1.165) is 71.9 Å². The number of nitrogens with zero attached hydrogens (tertiary/aromatic N) is 3. The van der Waals surface area contributed by atoms with E-state index in [9.17, 15) is 9.59 Å². The van der Waals surface area contributed by atoms with E-state index in [2.05, 4.69) is 21.6 Å². The molecule has 0 spiro atoms. The Kier molecular flexibility index (Phi) is 7.04. The molecule has 0 saturated heterocycles. The summed E-state index contributed by atoms with van der Waals surface area (Å²) in [6.45, 7) is 0. The number of amides is 1. The van der Waals surface area contributed by atoms with Crippen molar-refractivity contribution in [1.82, 2.24) is 19.7 Å². The van der Waals surface area contributed by atoms with Crippen molar-refractivity contribution < 1.29 is 9.59 Å². The summed E-state index contributed by atoms with van der Waals surface area (Å²) in [5.41, 5.74) is 5.37. The van der Waals surface area contributed by atoms with Gasteiger partial charge in [-0.25, -0.2) is 4.98 Å². The minimum absolute atomic E-state index is 0.214. The molecule has 5 aromatic rings. The first-order valence-corrected chi connectivity index (χ1v) is 13.7. The Labute approximate surface area is 227 Å². The van der Waals surface area contributed by atoms with Gasteiger partial charge in [0.05, 0.1) is 17.4 Å². The lowest BCUT2D eigenvalue weighted by atomic mass is 10.0. The predicted octanol–water partition coefficient (Wildman–Crippen LogP) is 6.75. The van der Waals surface area contributed by atoms with E-state index in [1.807, 2.05) is 77.5 Å². The Morgan fingerprint density at radius 1 is 0.923 bits per heavy atom. The van der Waals surface area contributed by atoms with E-state index < -0.39 is 0 Å². The molecule has 2 N–H and O–H groups in total. The number of aromatic nitrogens is 4. The second kappa shape index (κ2) is 11.1. The smallest absolute Gasteiger partial charge is 0.258 e. The summed E-state index contributed by atoms with van der Waals surface area (Å²) in [4.78, 5) is 30.1. The number of unbranched alkanes of at least 4 members (excludes halogenated alkanes) is 2. The number of carbonyl (C=O) groups is 2. The van der Waals surface area contributed by atoms with Crippen LogP contribution in [-0.4, -0.2) is 31.4 Å². The van der Waals surface area contributed by atoms with Gasteiger partial charge in [-0.2, -0.15) is 5.10 Å². The topological polar surface area (TPSA) is 92.7 Å². The zero-order chi connectivity index (χ0) is 26.6. The van der Waals surface area contributed by atoms with Crippen LogP contribution < -0.4 is 5.32 Å². The first-order chi connectivity index (χ1) is 19.1. The van der Waals surface area contributed by atoms with Crippen LogP contribution in [0.15, 0.2) is 85.2 Å². The van der Waals surface area contributed by atoms with E-state index in [1.165, 1.54) is 0 Å². The number of fused-ring (bicyclic) bond motifs is 1. The number of para-hydroxylation sites is 1. The van der Waals surface area contributed by atoms with Crippen LogP contribution in [0.5, 0.6) is 0 Å². The summed E-state index contributed by atoms with van der Waals surface area (Å²) in [7, 11) is 0. The molecule has 0 aliphatic heterocycles. The lowest BCUT2D eigenvalue weighted by molar-refractivity contribution is -0.120. The van der Waals surface area contributed by atoms with Crippen LogP contribution in [0.25, 0.3) is 27.7 Å². The number of hydrogen-bond acceptors (Lipinski definition) is 4. The van der Waals surface area contributed by atoms with E-state index >= 15 is 0 Å². The molecule has 1 fully saturated rings. The van der Waals surface area contributed by atoms with Gasteiger partial charge in [0, 0.05) is 35.2 Å². The molecule has 6 rings (SSSR count). The van der Waals surface area contributed by atoms with Crippen molar-refractivity contribution in [3.8, 4) is 16.8 Å². The molecular formula is C32H31N5O2. The van der Waals surface area contributed by atoms with Gasteiger partial charge >= 0.3 is 0 Å². The fourth-order valence-corrected chi connectivity index (χ4v) is 4.95. The van der Waals surface area contributed by atoms with Gasteiger partial charge < -0.3 is 0 Å². The zero-order valence-electron chi connectivity index (χ0n) is 21.8. The third kappa shape index (κ3) is 5.82. The second-order valence-corrected chi connectivity index (χ2v) is 10.3. The number of rotatable bonds is 11. The summed E-state index contributed by atoms with van der Waals surface area (Å²) in [5.74, 6) is 1.06. The molecule has 0 unspecified atom stereocenters. The van der Waals surface area contributed by atoms with Gasteiger partial charge in [-0.05, 0) is 79.6 Å². The van der Waals surface area contributed by atoms with Crippen molar-refractivity contribution >= 4 is 28.5 Å². The highest BCUT2D eigenvalue weighted by Gasteiger charge is 2.28. The van der Waals surface area contributed by atoms with E-state index in [4.69, 9.17) is 4.98 Å². The molecule has 0 bridgehead atoms. The Balaban J connectivity index is 1.17. The molecule has 1 saturated carbocycles. The minimum atomic E-state index is -0.214. The van der Waals surface area contributed by atoms with Gasteiger partial charge in [-0.15, -0.1) is 0 Å². The molecule has 7 heteroatoms. The number of anilines is 1. The van der Waals surface area contributed by atoms with Gasteiger partial charge in [-0.1, -0.05) is 42.8 Å². The standard InChI is InChI=1S/C32H31N5O2/c38-30(22-14-15-22)13-6-1-3-10-27-21-37(28-11-4-2-5-12-28)32(34-27)35-31(39)25-9-7-8-23(18-25)24-16-17-29-26(19-24)20-33-36-29/h2,4-5,7-9,11-12,16-22H,1,3,6,10,13-15H2,(H,33,36)(H,34,35,39). The largest absolute Gasteiger partial charge is 0.299 e. The van der Waals surface area contributed by atoms with Gasteiger partial charge in [0.25, 0.3) is 5.91 Å². The van der Waals surface area contributed by atoms with Crippen molar-refractivity contribution in [3.63, 3.8) is 0 Å².